The minimum atomic E-state index is -0.311. The third kappa shape index (κ3) is 2.71. The summed E-state index contributed by atoms with van der Waals surface area (Å²) in [6.45, 7) is 4.30. The second-order valence-electron chi connectivity index (χ2n) is 7.97. The Hall–Kier alpha value is -0.550. The Morgan fingerprint density at radius 2 is 1.95 bits per heavy atom. The summed E-state index contributed by atoms with van der Waals surface area (Å²) in [5.74, 6) is 1.75. The molecule has 2 aliphatic carbocycles. The van der Waals surface area contributed by atoms with Crippen LogP contribution >= 0.6 is 11.8 Å². The minimum absolute atomic E-state index is 0.167. The van der Waals surface area contributed by atoms with Gasteiger partial charge in [-0.05, 0) is 83.2 Å². The fourth-order valence-electron chi connectivity index (χ4n) is 4.87. The van der Waals surface area contributed by atoms with Crippen LogP contribution in [0.1, 0.15) is 58.3 Å². The zero-order valence-electron chi connectivity index (χ0n) is 13.5. The molecular weight excluding hydrogens is 294 g/mol. The molecular formula is C17H27N3OS. The van der Waals surface area contributed by atoms with Crippen LogP contribution in [0.3, 0.4) is 0 Å². The fourth-order valence-corrected chi connectivity index (χ4v) is 6.14. The van der Waals surface area contributed by atoms with E-state index in [-0.39, 0.29) is 16.2 Å². The smallest absolute Gasteiger partial charge is 0.242 e. The molecule has 0 aromatic carbocycles. The molecule has 2 saturated heterocycles. The lowest BCUT2D eigenvalue weighted by Gasteiger charge is -2.29. The molecule has 1 amide bonds. The SMILES string of the molecule is CC1(CC2CCNCC2)SC(=NC23CCC(CC2)C3)NC1=O. The van der Waals surface area contributed by atoms with Crippen molar-refractivity contribution in [2.45, 2.75) is 68.6 Å². The minimum Gasteiger partial charge on any atom is -0.317 e. The first kappa shape index (κ1) is 15.0. The van der Waals surface area contributed by atoms with E-state index in [0.29, 0.717) is 5.92 Å². The van der Waals surface area contributed by atoms with Crippen molar-refractivity contribution in [2.24, 2.45) is 16.8 Å². The number of nitrogens with zero attached hydrogens (tertiary/aromatic N) is 1. The number of carbonyl (C=O) groups is 1. The van der Waals surface area contributed by atoms with Crippen molar-refractivity contribution in [2.75, 3.05) is 13.1 Å². The number of hydrogen-bond donors (Lipinski definition) is 2. The summed E-state index contributed by atoms with van der Waals surface area (Å²) in [6.07, 6.45) is 9.75. The number of carbonyl (C=O) groups excluding carboxylic acids is 1. The molecule has 4 rings (SSSR count). The number of aliphatic imine (C=N–C) groups is 1. The van der Waals surface area contributed by atoms with E-state index in [2.05, 4.69) is 17.6 Å². The van der Waals surface area contributed by atoms with Crippen LogP contribution in [-0.4, -0.2) is 34.5 Å². The average Bonchev–Trinajstić information content (AvgIpc) is 3.14. The van der Waals surface area contributed by atoms with E-state index >= 15 is 0 Å². The lowest BCUT2D eigenvalue weighted by Crippen LogP contribution is -2.38. The molecule has 2 saturated carbocycles. The predicted octanol–water partition coefficient (Wildman–Crippen LogP) is 2.69. The Kier molecular flexibility index (Phi) is 3.76. The summed E-state index contributed by atoms with van der Waals surface area (Å²) in [5.41, 5.74) is 0.167. The molecule has 5 heteroatoms. The quantitative estimate of drug-likeness (QED) is 0.840. The van der Waals surface area contributed by atoms with Gasteiger partial charge in [0.2, 0.25) is 5.91 Å². The number of amides is 1. The van der Waals surface area contributed by atoms with Gasteiger partial charge in [-0.3, -0.25) is 9.79 Å². The van der Waals surface area contributed by atoms with E-state index in [4.69, 9.17) is 4.99 Å². The van der Waals surface area contributed by atoms with Crippen molar-refractivity contribution >= 4 is 22.8 Å². The summed E-state index contributed by atoms with van der Waals surface area (Å²) in [5, 5.41) is 7.41. The molecule has 4 aliphatic rings. The molecule has 22 heavy (non-hydrogen) atoms. The van der Waals surface area contributed by atoms with Crippen LogP contribution in [0.5, 0.6) is 0 Å². The van der Waals surface area contributed by atoms with E-state index < -0.39 is 0 Å². The number of rotatable bonds is 3. The highest BCUT2D eigenvalue weighted by molar-refractivity contribution is 8.16. The average molecular weight is 321 g/mol. The first-order valence-corrected chi connectivity index (χ1v) is 9.70. The summed E-state index contributed by atoms with van der Waals surface area (Å²) in [6, 6.07) is 0. The number of fused-ring (bicyclic) bond motifs is 2. The lowest BCUT2D eigenvalue weighted by atomic mass is 9.87. The Morgan fingerprint density at radius 3 is 2.59 bits per heavy atom. The largest absolute Gasteiger partial charge is 0.317 e. The molecule has 4 fully saturated rings. The van der Waals surface area contributed by atoms with Gasteiger partial charge in [0, 0.05) is 0 Å². The van der Waals surface area contributed by atoms with E-state index in [1.165, 1.54) is 44.9 Å². The summed E-state index contributed by atoms with van der Waals surface area (Å²) in [7, 11) is 0. The maximum Gasteiger partial charge on any atom is 0.242 e. The van der Waals surface area contributed by atoms with Crippen molar-refractivity contribution < 1.29 is 4.79 Å². The molecule has 0 aromatic rings. The van der Waals surface area contributed by atoms with Crippen LogP contribution in [-0.2, 0) is 4.79 Å². The van der Waals surface area contributed by atoms with Gasteiger partial charge in [-0.1, -0.05) is 11.8 Å². The molecule has 1 unspecified atom stereocenters. The number of thioether (sulfide) groups is 1. The van der Waals surface area contributed by atoms with E-state index in [1.807, 2.05) is 0 Å². The van der Waals surface area contributed by atoms with Crippen molar-refractivity contribution in [3.8, 4) is 0 Å². The lowest BCUT2D eigenvalue weighted by molar-refractivity contribution is -0.121. The van der Waals surface area contributed by atoms with Crippen LogP contribution in [0.4, 0.5) is 0 Å². The van der Waals surface area contributed by atoms with Crippen LogP contribution in [0, 0.1) is 11.8 Å². The number of amidine groups is 1. The van der Waals surface area contributed by atoms with Gasteiger partial charge in [0.15, 0.2) is 5.17 Å². The van der Waals surface area contributed by atoms with Gasteiger partial charge in [-0.25, -0.2) is 0 Å². The van der Waals surface area contributed by atoms with Crippen molar-refractivity contribution in [3.63, 3.8) is 0 Å². The number of nitrogens with one attached hydrogen (secondary N) is 2. The van der Waals surface area contributed by atoms with Gasteiger partial charge in [-0.2, -0.15) is 0 Å². The highest BCUT2D eigenvalue weighted by atomic mass is 32.2. The Labute approximate surface area is 137 Å². The predicted molar refractivity (Wildman–Crippen MR) is 91.1 cm³/mol. The number of hydrogen-bond acceptors (Lipinski definition) is 4. The Morgan fingerprint density at radius 1 is 1.23 bits per heavy atom. The monoisotopic (exact) mass is 321 g/mol. The van der Waals surface area contributed by atoms with Gasteiger partial charge in [0.25, 0.3) is 0 Å². The molecule has 1 atom stereocenters. The summed E-state index contributed by atoms with van der Waals surface area (Å²) >= 11 is 1.70. The molecule has 2 heterocycles. The Balaban J connectivity index is 1.45. The topological polar surface area (TPSA) is 53.5 Å². The first-order chi connectivity index (χ1) is 10.6. The molecule has 0 radical (unpaired) electrons. The summed E-state index contributed by atoms with van der Waals surface area (Å²) in [4.78, 5) is 17.6. The molecule has 4 nitrogen and oxygen atoms in total. The highest BCUT2D eigenvalue weighted by Gasteiger charge is 2.48. The molecule has 0 spiro atoms. The molecule has 122 valence electrons. The van der Waals surface area contributed by atoms with Crippen LogP contribution in [0.2, 0.25) is 0 Å². The van der Waals surface area contributed by atoms with Gasteiger partial charge in [-0.15, -0.1) is 0 Å². The van der Waals surface area contributed by atoms with Gasteiger partial charge < -0.3 is 10.6 Å². The van der Waals surface area contributed by atoms with E-state index in [1.54, 1.807) is 11.8 Å². The molecule has 2 aliphatic heterocycles. The standard InChI is InChI=1S/C17H27N3OS/c1-16(10-13-4-8-18-9-5-13)14(21)19-15(22-16)20-17-6-2-12(11-17)3-7-17/h12-13,18H,2-11H2,1H3,(H,19,20,21). The third-order valence-electron chi connectivity index (χ3n) is 6.20. The molecule has 2 bridgehead atoms. The van der Waals surface area contributed by atoms with E-state index in [0.717, 1.165) is 30.6 Å². The highest BCUT2D eigenvalue weighted by Crippen LogP contribution is 2.51. The second kappa shape index (κ2) is 5.52. The van der Waals surface area contributed by atoms with Crippen LogP contribution in [0.15, 0.2) is 4.99 Å². The molecule has 2 N–H and O–H groups in total. The van der Waals surface area contributed by atoms with Crippen molar-refractivity contribution in [3.05, 3.63) is 0 Å². The van der Waals surface area contributed by atoms with Crippen LogP contribution in [0.25, 0.3) is 0 Å². The summed E-state index contributed by atoms with van der Waals surface area (Å²) < 4.78 is -0.311. The van der Waals surface area contributed by atoms with Crippen molar-refractivity contribution in [1.82, 2.24) is 10.6 Å². The maximum absolute atomic E-state index is 12.5. The normalized spacial score (nSPS) is 44.0. The van der Waals surface area contributed by atoms with Gasteiger partial charge in [0.05, 0.1) is 10.3 Å². The molecule has 0 aromatic heterocycles. The number of piperidine rings is 1. The zero-order valence-corrected chi connectivity index (χ0v) is 14.3. The first-order valence-electron chi connectivity index (χ1n) is 8.88. The van der Waals surface area contributed by atoms with Gasteiger partial charge >= 0.3 is 0 Å². The zero-order chi connectivity index (χ0) is 15.2. The van der Waals surface area contributed by atoms with E-state index in [9.17, 15) is 4.79 Å². The maximum atomic E-state index is 12.5. The second-order valence-corrected chi connectivity index (χ2v) is 9.47. The van der Waals surface area contributed by atoms with Crippen molar-refractivity contribution in [1.29, 1.82) is 0 Å². The third-order valence-corrected chi connectivity index (χ3v) is 7.39. The fraction of sp³-hybridized carbons (Fsp3) is 0.882. The Bertz CT molecular complexity index is 492. The van der Waals surface area contributed by atoms with Crippen LogP contribution < -0.4 is 10.6 Å². The van der Waals surface area contributed by atoms with Gasteiger partial charge in [0.1, 0.15) is 0 Å².